The number of carbonyl (C=O) groups excluding carboxylic acids is 1. The normalized spacial score (nSPS) is 9.78. The maximum Gasteiger partial charge on any atom is 0.333 e. The van der Waals surface area contributed by atoms with Crippen LogP contribution in [-0.4, -0.2) is 19.2 Å². The van der Waals surface area contributed by atoms with Crippen LogP contribution in [-0.2, 0) is 9.53 Å². The molecule has 0 aliphatic heterocycles. The van der Waals surface area contributed by atoms with Crippen molar-refractivity contribution in [2.75, 3.05) is 36.1 Å². The molecule has 3 aromatic carbocycles. The van der Waals surface area contributed by atoms with Crippen molar-refractivity contribution in [3.63, 3.8) is 0 Å². The molecule has 7 heteroatoms. The van der Waals surface area contributed by atoms with Crippen molar-refractivity contribution < 1.29 is 14.3 Å². The summed E-state index contributed by atoms with van der Waals surface area (Å²) < 4.78 is 10.6. The quantitative estimate of drug-likeness (QED) is 0.0653. The van der Waals surface area contributed by atoms with E-state index in [-0.39, 0.29) is 5.97 Å². The van der Waals surface area contributed by atoms with Crippen LogP contribution in [0.5, 0.6) is 5.75 Å². The van der Waals surface area contributed by atoms with Crippen molar-refractivity contribution >= 4 is 28.7 Å². The number of para-hydroxylation sites is 1. The summed E-state index contributed by atoms with van der Waals surface area (Å²) in [5.41, 5.74) is 25.2. The molecule has 0 aliphatic rings. The summed E-state index contributed by atoms with van der Waals surface area (Å²) in [6.07, 6.45) is 8.18. The van der Waals surface area contributed by atoms with Gasteiger partial charge < -0.3 is 32.4 Å². The summed E-state index contributed by atoms with van der Waals surface area (Å²) in [5.74, 6) is 1.25. The molecule has 0 saturated carbocycles. The van der Waals surface area contributed by atoms with Crippen LogP contribution in [0.4, 0.5) is 22.7 Å². The molecule has 0 saturated heterocycles. The Morgan fingerprint density at radius 1 is 0.732 bits per heavy atom. The number of ether oxygens (including phenoxy) is 2. The average molecular weight is 563 g/mol. The zero-order valence-electron chi connectivity index (χ0n) is 25.2. The van der Waals surface area contributed by atoms with Gasteiger partial charge in [0.25, 0.3) is 0 Å². The van der Waals surface area contributed by atoms with E-state index >= 15 is 0 Å². The topological polar surface area (TPSA) is 140 Å². The van der Waals surface area contributed by atoms with Crippen LogP contribution in [0.15, 0.2) is 103 Å². The lowest BCUT2D eigenvalue weighted by molar-refractivity contribution is -0.139. The van der Waals surface area contributed by atoms with Gasteiger partial charge in [-0.3, -0.25) is 0 Å². The number of esters is 1. The number of allylic oxidation sites excluding steroid dienone is 2. The van der Waals surface area contributed by atoms with Gasteiger partial charge in [-0.1, -0.05) is 50.8 Å². The van der Waals surface area contributed by atoms with Gasteiger partial charge >= 0.3 is 5.97 Å². The van der Waals surface area contributed by atoms with Gasteiger partial charge in [0.1, 0.15) is 5.75 Å². The van der Waals surface area contributed by atoms with Gasteiger partial charge in [0.2, 0.25) is 0 Å². The van der Waals surface area contributed by atoms with Crippen molar-refractivity contribution in [3.8, 4) is 5.75 Å². The minimum absolute atomic E-state index is 0.309. The Hall–Kier alpha value is -4.39. The second-order valence-corrected chi connectivity index (χ2v) is 9.60. The molecule has 0 radical (unpaired) electrons. The van der Waals surface area contributed by atoms with Gasteiger partial charge in [-0.15, -0.1) is 0 Å². The first-order chi connectivity index (χ1) is 19.5. The highest BCUT2D eigenvalue weighted by molar-refractivity contribution is 5.86. The first kappa shape index (κ1) is 36.6. The molecule has 3 aromatic rings. The molecule has 0 aromatic heterocycles. The Morgan fingerprint density at radius 3 is 1.54 bits per heavy atom. The summed E-state index contributed by atoms with van der Waals surface area (Å²) in [7, 11) is 0. The highest BCUT2D eigenvalue weighted by Gasteiger charge is 2.01. The Morgan fingerprint density at radius 2 is 1.17 bits per heavy atom. The Bertz CT molecular complexity index is 1080. The van der Waals surface area contributed by atoms with Gasteiger partial charge in [-0.25, -0.2) is 4.79 Å². The molecule has 0 aliphatic carbocycles. The maximum atomic E-state index is 11.1. The number of nitrogen functional groups attached to an aromatic ring is 4. The van der Waals surface area contributed by atoms with E-state index in [9.17, 15) is 4.79 Å². The smallest absolute Gasteiger partial charge is 0.333 e. The summed E-state index contributed by atoms with van der Waals surface area (Å²) in [5, 5.41) is 0. The lowest BCUT2D eigenvalue weighted by atomic mass is 10.2. The monoisotopic (exact) mass is 562 g/mol. The molecular weight excluding hydrogens is 512 g/mol. The van der Waals surface area contributed by atoms with Gasteiger partial charge in [0.15, 0.2) is 0 Å². The van der Waals surface area contributed by atoms with E-state index in [1.54, 1.807) is 31.2 Å². The third-order valence-electron chi connectivity index (χ3n) is 5.08. The first-order valence-corrected chi connectivity index (χ1v) is 13.9. The van der Waals surface area contributed by atoms with E-state index in [0.29, 0.717) is 18.8 Å². The fourth-order valence-electron chi connectivity index (χ4n) is 2.93. The van der Waals surface area contributed by atoms with Crippen LogP contribution in [0, 0.1) is 5.92 Å². The number of hydrogen-bond acceptors (Lipinski definition) is 7. The Kier molecular flexibility index (Phi) is 21.0. The highest BCUT2D eigenvalue weighted by Crippen LogP contribution is 2.13. The molecule has 41 heavy (non-hydrogen) atoms. The lowest BCUT2D eigenvalue weighted by Gasteiger charge is -2.07. The molecular formula is C34H50N4O3. The van der Waals surface area contributed by atoms with Crippen molar-refractivity contribution in [1.82, 2.24) is 0 Å². The predicted molar refractivity (Wildman–Crippen MR) is 176 cm³/mol. The van der Waals surface area contributed by atoms with Gasteiger partial charge in [-0.05, 0) is 106 Å². The molecule has 3 rings (SSSR count). The summed E-state index contributed by atoms with van der Waals surface area (Å²) >= 11 is 0. The molecule has 0 bridgehead atoms. The number of anilines is 4. The van der Waals surface area contributed by atoms with Gasteiger partial charge in [0.05, 0.1) is 13.2 Å². The van der Waals surface area contributed by atoms with E-state index in [2.05, 4.69) is 32.6 Å². The van der Waals surface area contributed by atoms with Crippen LogP contribution in [0.2, 0.25) is 0 Å². The summed E-state index contributed by atoms with van der Waals surface area (Å²) in [4.78, 5) is 11.1. The van der Waals surface area contributed by atoms with Crippen molar-refractivity contribution in [2.24, 2.45) is 5.92 Å². The predicted octanol–water partition coefficient (Wildman–Crippen LogP) is 7.67. The number of unbranched alkanes of at least 4 members (excludes halogenated alkanes) is 3. The number of benzene rings is 3. The molecule has 0 amide bonds. The third-order valence-corrected chi connectivity index (χ3v) is 5.08. The number of carbonyl (C=O) groups is 1. The lowest BCUT2D eigenvalue weighted by Crippen LogP contribution is -2.06. The fraction of sp³-hybridized carbons (Fsp3) is 0.324. The summed E-state index contributed by atoms with van der Waals surface area (Å²) in [6, 6.07) is 24.0. The maximum absolute atomic E-state index is 11.1. The van der Waals surface area contributed by atoms with E-state index < -0.39 is 0 Å². The Labute approximate surface area is 247 Å². The first-order valence-electron chi connectivity index (χ1n) is 13.9. The van der Waals surface area contributed by atoms with E-state index in [1.165, 1.54) is 0 Å². The van der Waals surface area contributed by atoms with E-state index in [0.717, 1.165) is 60.1 Å². The third kappa shape index (κ3) is 23.2. The van der Waals surface area contributed by atoms with Crippen LogP contribution in [0.25, 0.3) is 0 Å². The minimum Gasteiger partial charge on any atom is -0.494 e. The molecule has 7 nitrogen and oxygen atoms in total. The largest absolute Gasteiger partial charge is 0.494 e. The Balaban J connectivity index is 0.000000617. The van der Waals surface area contributed by atoms with Crippen LogP contribution in [0.3, 0.4) is 0 Å². The van der Waals surface area contributed by atoms with Gasteiger partial charge in [0, 0.05) is 28.3 Å². The minimum atomic E-state index is -0.309. The average Bonchev–Trinajstić information content (AvgIpc) is 2.94. The van der Waals surface area contributed by atoms with Gasteiger partial charge in [-0.2, -0.15) is 0 Å². The van der Waals surface area contributed by atoms with Crippen LogP contribution >= 0.6 is 0 Å². The van der Waals surface area contributed by atoms with E-state index in [4.69, 9.17) is 32.4 Å². The molecule has 0 heterocycles. The second-order valence-electron chi connectivity index (χ2n) is 9.60. The standard InChI is InChI=1S/C16H23NO3.C6H8N2.C6H7N.C6H12/c1-13(2)16(18)20-12-6-4-3-5-11-19-15-9-7-14(17)8-10-15;7-5-1-2-6(8)4-3-5;7-6-4-2-1-3-5-6;1-4-5-6(2)3/h7-10H,1,3-6,11-12,17H2,2H3;1-4H,7-8H2;1-5H,7H2;4-6H,1-3H3/b;;;5-4-. The van der Waals surface area contributed by atoms with E-state index in [1.807, 2.05) is 61.5 Å². The summed E-state index contributed by atoms with van der Waals surface area (Å²) in [6.45, 7) is 12.7. The van der Waals surface area contributed by atoms with Crippen molar-refractivity contribution in [1.29, 1.82) is 0 Å². The molecule has 8 N–H and O–H groups in total. The number of nitrogens with two attached hydrogens (primary N) is 4. The zero-order chi connectivity index (χ0) is 30.9. The van der Waals surface area contributed by atoms with Crippen molar-refractivity contribution in [2.45, 2.75) is 53.4 Å². The molecule has 0 atom stereocenters. The fourth-order valence-corrected chi connectivity index (χ4v) is 2.93. The molecule has 0 spiro atoms. The SMILES string of the molecule is C/C=C\C(C)C.C=C(C)C(=O)OCCCCCCOc1ccc(N)cc1.Nc1ccc(N)cc1.Nc1ccccc1. The highest BCUT2D eigenvalue weighted by atomic mass is 16.5. The number of rotatable bonds is 10. The van der Waals surface area contributed by atoms with Crippen LogP contribution in [0.1, 0.15) is 53.4 Å². The zero-order valence-corrected chi connectivity index (χ0v) is 25.2. The molecule has 224 valence electrons. The second kappa shape index (κ2) is 23.5. The molecule has 0 unspecified atom stereocenters. The van der Waals surface area contributed by atoms with Crippen molar-refractivity contribution in [3.05, 3.63) is 103 Å². The number of hydrogen-bond donors (Lipinski definition) is 4. The van der Waals surface area contributed by atoms with Crippen LogP contribution < -0.4 is 27.7 Å². The molecule has 0 fully saturated rings.